The second-order valence-corrected chi connectivity index (χ2v) is 6.65. The first-order valence-electron chi connectivity index (χ1n) is 7.59. The van der Waals surface area contributed by atoms with Crippen LogP contribution in [-0.4, -0.2) is 23.8 Å². The lowest BCUT2D eigenvalue weighted by molar-refractivity contribution is 0.0902. The standard InChI is InChI=1S/C18H20N2O3/c1-18(2)8-13-16(14(21)9-18)11(10-19-13)17(22)20-12-6-4-5-7-15(12)23-3/h4-7,10,19H,8-9H2,1-3H3,(H,20,22). The minimum absolute atomic E-state index is 0.0164. The van der Waals surface area contributed by atoms with Crippen LogP contribution in [0.1, 0.15) is 46.7 Å². The first-order chi connectivity index (χ1) is 10.9. The number of hydrogen-bond donors (Lipinski definition) is 2. The number of ketones is 1. The van der Waals surface area contributed by atoms with Crippen molar-refractivity contribution in [1.29, 1.82) is 0 Å². The molecule has 0 radical (unpaired) electrons. The van der Waals surface area contributed by atoms with E-state index in [9.17, 15) is 9.59 Å². The van der Waals surface area contributed by atoms with Gasteiger partial charge in [0.2, 0.25) is 0 Å². The van der Waals surface area contributed by atoms with E-state index in [1.54, 1.807) is 25.4 Å². The third-order valence-electron chi connectivity index (χ3n) is 4.13. The summed E-state index contributed by atoms with van der Waals surface area (Å²) >= 11 is 0. The number of H-pyrrole nitrogens is 1. The number of aromatic nitrogens is 1. The molecular formula is C18H20N2O3. The Bertz CT molecular complexity index is 774. The Kier molecular flexibility index (Phi) is 3.72. The number of methoxy groups -OCH3 is 1. The largest absolute Gasteiger partial charge is 0.495 e. The van der Waals surface area contributed by atoms with Crippen LogP contribution in [0, 0.1) is 5.41 Å². The summed E-state index contributed by atoms with van der Waals surface area (Å²) in [5, 5.41) is 2.82. The fourth-order valence-electron chi connectivity index (χ4n) is 3.10. The molecule has 23 heavy (non-hydrogen) atoms. The van der Waals surface area contributed by atoms with E-state index in [4.69, 9.17) is 4.74 Å². The van der Waals surface area contributed by atoms with Gasteiger partial charge in [-0.3, -0.25) is 9.59 Å². The second-order valence-electron chi connectivity index (χ2n) is 6.65. The number of aromatic amines is 1. The van der Waals surface area contributed by atoms with Gasteiger partial charge in [0.25, 0.3) is 5.91 Å². The summed E-state index contributed by atoms with van der Waals surface area (Å²) in [6, 6.07) is 7.19. The number of ether oxygens (including phenoxy) is 1. The molecule has 1 amide bonds. The maximum absolute atomic E-state index is 12.6. The van der Waals surface area contributed by atoms with Crippen molar-refractivity contribution in [2.75, 3.05) is 12.4 Å². The van der Waals surface area contributed by atoms with Crippen molar-refractivity contribution in [3.05, 3.63) is 47.3 Å². The molecule has 0 atom stereocenters. The Hall–Kier alpha value is -2.56. The number of para-hydroxylation sites is 2. The van der Waals surface area contributed by atoms with Gasteiger partial charge >= 0.3 is 0 Å². The fraction of sp³-hybridized carbons (Fsp3) is 0.333. The van der Waals surface area contributed by atoms with Gasteiger partial charge < -0.3 is 15.0 Å². The normalized spacial score (nSPS) is 15.9. The minimum Gasteiger partial charge on any atom is -0.495 e. The monoisotopic (exact) mass is 312 g/mol. The molecule has 1 heterocycles. The molecule has 0 spiro atoms. The predicted octanol–water partition coefficient (Wildman–Crippen LogP) is 3.43. The summed E-state index contributed by atoms with van der Waals surface area (Å²) in [7, 11) is 1.55. The van der Waals surface area contributed by atoms with Gasteiger partial charge in [-0.05, 0) is 24.0 Å². The smallest absolute Gasteiger partial charge is 0.258 e. The highest BCUT2D eigenvalue weighted by molar-refractivity contribution is 6.14. The van der Waals surface area contributed by atoms with Crippen LogP contribution in [0.4, 0.5) is 5.69 Å². The molecule has 0 unspecified atom stereocenters. The van der Waals surface area contributed by atoms with Crippen molar-refractivity contribution in [3.63, 3.8) is 0 Å². The first-order valence-corrected chi connectivity index (χ1v) is 7.59. The molecule has 1 aromatic heterocycles. The quantitative estimate of drug-likeness (QED) is 0.912. The maximum Gasteiger partial charge on any atom is 0.258 e. The van der Waals surface area contributed by atoms with Crippen LogP contribution in [0.5, 0.6) is 5.75 Å². The Morgan fingerprint density at radius 1 is 1.26 bits per heavy atom. The maximum atomic E-state index is 12.6. The molecule has 1 aliphatic carbocycles. The number of anilines is 1. The Morgan fingerprint density at radius 3 is 2.74 bits per heavy atom. The third-order valence-corrected chi connectivity index (χ3v) is 4.13. The Balaban J connectivity index is 1.90. The van der Waals surface area contributed by atoms with Gasteiger partial charge in [0.05, 0.1) is 23.9 Å². The van der Waals surface area contributed by atoms with Gasteiger partial charge in [-0.15, -0.1) is 0 Å². The van der Waals surface area contributed by atoms with Crippen LogP contribution in [0.15, 0.2) is 30.5 Å². The zero-order valence-corrected chi connectivity index (χ0v) is 13.5. The van der Waals surface area contributed by atoms with E-state index in [0.717, 1.165) is 12.1 Å². The number of carbonyl (C=O) groups is 2. The van der Waals surface area contributed by atoms with E-state index in [-0.39, 0.29) is 17.1 Å². The van der Waals surface area contributed by atoms with Crippen LogP contribution in [-0.2, 0) is 6.42 Å². The predicted molar refractivity (Wildman–Crippen MR) is 88.2 cm³/mol. The van der Waals surface area contributed by atoms with E-state index in [1.807, 2.05) is 12.1 Å². The van der Waals surface area contributed by atoms with Gasteiger partial charge in [-0.25, -0.2) is 0 Å². The van der Waals surface area contributed by atoms with E-state index >= 15 is 0 Å². The Labute approximate surface area is 135 Å². The van der Waals surface area contributed by atoms with Crippen LogP contribution in [0.25, 0.3) is 0 Å². The Morgan fingerprint density at radius 2 is 2.00 bits per heavy atom. The number of carbonyl (C=O) groups excluding carboxylic acids is 2. The fourth-order valence-corrected chi connectivity index (χ4v) is 3.10. The number of rotatable bonds is 3. The SMILES string of the molecule is COc1ccccc1NC(=O)c1c[nH]c2c1C(=O)CC(C)(C)C2. The molecular weight excluding hydrogens is 292 g/mol. The zero-order chi connectivity index (χ0) is 16.6. The van der Waals surface area contributed by atoms with E-state index in [0.29, 0.717) is 29.0 Å². The number of amides is 1. The average molecular weight is 312 g/mol. The van der Waals surface area contributed by atoms with Gasteiger partial charge in [-0.2, -0.15) is 0 Å². The molecule has 120 valence electrons. The number of hydrogen-bond acceptors (Lipinski definition) is 3. The second kappa shape index (κ2) is 5.57. The van der Waals surface area contributed by atoms with Crippen LogP contribution in [0.3, 0.4) is 0 Å². The zero-order valence-electron chi connectivity index (χ0n) is 13.5. The summed E-state index contributed by atoms with van der Waals surface area (Å²) in [4.78, 5) is 28.1. The highest BCUT2D eigenvalue weighted by Gasteiger charge is 2.35. The number of Topliss-reactive ketones (excluding diaryl/α,β-unsaturated/α-hetero) is 1. The van der Waals surface area contributed by atoms with Gasteiger partial charge in [0.1, 0.15) is 5.75 Å². The van der Waals surface area contributed by atoms with Crippen molar-refractivity contribution in [1.82, 2.24) is 4.98 Å². The molecule has 0 fully saturated rings. The highest BCUT2D eigenvalue weighted by Crippen LogP contribution is 2.36. The number of fused-ring (bicyclic) bond motifs is 1. The summed E-state index contributed by atoms with van der Waals surface area (Å²) in [6.07, 6.45) is 2.83. The topological polar surface area (TPSA) is 71.2 Å². The van der Waals surface area contributed by atoms with Crippen LogP contribution < -0.4 is 10.1 Å². The van der Waals surface area contributed by atoms with Crippen LogP contribution >= 0.6 is 0 Å². The summed E-state index contributed by atoms with van der Waals surface area (Å²) in [6.45, 7) is 4.12. The van der Waals surface area contributed by atoms with Crippen molar-refractivity contribution >= 4 is 17.4 Å². The van der Waals surface area contributed by atoms with Crippen molar-refractivity contribution in [3.8, 4) is 5.75 Å². The van der Waals surface area contributed by atoms with Gasteiger partial charge in [-0.1, -0.05) is 26.0 Å². The molecule has 1 aliphatic rings. The van der Waals surface area contributed by atoms with Gasteiger partial charge in [0.15, 0.2) is 5.78 Å². The molecule has 2 aromatic rings. The molecule has 5 heteroatoms. The molecule has 0 saturated carbocycles. The molecule has 0 aliphatic heterocycles. The summed E-state index contributed by atoms with van der Waals surface area (Å²) in [5.41, 5.74) is 2.27. The lowest BCUT2D eigenvalue weighted by Gasteiger charge is -2.28. The van der Waals surface area contributed by atoms with Crippen molar-refractivity contribution in [2.24, 2.45) is 5.41 Å². The minimum atomic E-state index is -0.306. The van der Waals surface area contributed by atoms with E-state index in [2.05, 4.69) is 24.1 Å². The lowest BCUT2D eigenvalue weighted by Crippen LogP contribution is -2.28. The first kappa shape index (κ1) is 15.3. The lowest BCUT2D eigenvalue weighted by atomic mass is 9.75. The summed E-state index contributed by atoms with van der Waals surface area (Å²) in [5.74, 6) is 0.292. The van der Waals surface area contributed by atoms with Gasteiger partial charge in [0, 0.05) is 18.3 Å². The molecule has 0 saturated heterocycles. The molecule has 3 rings (SSSR count). The molecule has 5 nitrogen and oxygen atoms in total. The van der Waals surface area contributed by atoms with E-state index in [1.165, 1.54) is 0 Å². The molecule has 0 bridgehead atoms. The van der Waals surface area contributed by atoms with Crippen molar-refractivity contribution in [2.45, 2.75) is 26.7 Å². The molecule has 1 aromatic carbocycles. The molecule has 2 N–H and O–H groups in total. The number of nitrogens with one attached hydrogen (secondary N) is 2. The average Bonchev–Trinajstić information content (AvgIpc) is 2.90. The third kappa shape index (κ3) is 2.86. The van der Waals surface area contributed by atoms with Crippen LogP contribution in [0.2, 0.25) is 0 Å². The summed E-state index contributed by atoms with van der Waals surface area (Å²) < 4.78 is 5.24. The number of benzene rings is 1. The van der Waals surface area contributed by atoms with E-state index < -0.39 is 0 Å². The highest BCUT2D eigenvalue weighted by atomic mass is 16.5. The van der Waals surface area contributed by atoms with Crippen molar-refractivity contribution < 1.29 is 14.3 Å².